The summed E-state index contributed by atoms with van der Waals surface area (Å²) < 4.78 is 26.1. The first-order valence-corrected chi connectivity index (χ1v) is 7.86. The Kier molecular flexibility index (Phi) is 4.10. The molecule has 8 heteroatoms. The van der Waals surface area contributed by atoms with Crippen LogP contribution in [-0.2, 0) is 0 Å². The maximum Gasteiger partial charge on any atom is 0.231 e. The molecule has 0 atom stereocenters. The van der Waals surface area contributed by atoms with Gasteiger partial charge in [-0.05, 0) is 42.0 Å². The number of hydrogen-bond acceptors (Lipinski definition) is 6. The van der Waals surface area contributed by atoms with Crippen LogP contribution in [0.25, 0.3) is 11.8 Å². The molecule has 0 spiro atoms. The largest absolute Gasteiger partial charge is 0.454 e. The third kappa shape index (κ3) is 3.14. The normalized spacial score (nSPS) is 12.7. The van der Waals surface area contributed by atoms with Gasteiger partial charge in [0.2, 0.25) is 12.6 Å². The van der Waals surface area contributed by atoms with Crippen molar-refractivity contribution < 1.29 is 18.7 Å². The number of ketones is 1. The molecule has 0 amide bonds. The van der Waals surface area contributed by atoms with E-state index in [2.05, 4.69) is 10.1 Å². The Morgan fingerprint density at radius 1 is 1.22 bits per heavy atom. The van der Waals surface area contributed by atoms with Crippen molar-refractivity contribution in [2.75, 3.05) is 6.79 Å². The minimum Gasteiger partial charge on any atom is -0.454 e. The van der Waals surface area contributed by atoms with Crippen LogP contribution >= 0.6 is 0 Å². The van der Waals surface area contributed by atoms with E-state index in [1.807, 2.05) is 6.07 Å². The predicted octanol–water partition coefficient (Wildman–Crippen LogP) is 2.92. The van der Waals surface area contributed by atoms with Gasteiger partial charge in [0.1, 0.15) is 35.8 Å². The van der Waals surface area contributed by atoms with Gasteiger partial charge in [-0.1, -0.05) is 6.07 Å². The van der Waals surface area contributed by atoms with Crippen molar-refractivity contribution in [2.45, 2.75) is 0 Å². The highest BCUT2D eigenvalue weighted by Crippen LogP contribution is 2.33. The molecule has 0 N–H and O–H groups in total. The van der Waals surface area contributed by atoms with Gasteiger partial charge in [-0.3, -0.25) is 4.79 Å². The number of Topliss-reactive ketones (excluding diaryl/α,β-unsaturated/α-hetero) is 1. The lowest BCUT2D eigenvalue weighted by atomic mass is 10.0. The van der Waals surface area contributed by atoms with Gasteiger partial charge in [-0.2, -0.15) is 10.4 Å². The maximum absolute atomic E-state index is 14.3. The second-order valence-electron chi connectivity index (χ2n) is 5.62. The molecule has 1 aliphatic heterocycles. The monoisotopic (exact) mass is 362 g/mol. The number of hydrogen-bond donors (Lipinski definition) is 0. The van der Waals surface area contributed by atoms with Crippen LogP contribution in [0.4, 0.5) is 4.39 Å². The Balaban J connectivity index is 1.64. The first-order valence-electron chi connectivity index (χ1n) is 7.86. The lowest BCUT2D eigenvalue weighted by molar-refractivity contribution is 0.103. The summed E-state index contributed by atoms with van der Waals surface area (Å²) in [5.74, 6) is -0.0557. The quantitative estimate of drug-likeness (QED) is 0.403. The van der Waals surface area contributed by atoms with E-state index < -0.39 is 11.6 Å². The molecular formula is C19H11FN4O3. The van der Waals surface area contributed by atoms with Crippen molar-refractivity contribution >= 4 is 11.9 Å². The zero-order valence-corrected chi connectivity index (χ0v) is 13.8. The minimum absolute atomic E-state index is 0.0886. The third-order valence-corrected chi connectivity index (χ3v) is 3.95. The van der Waals surface area contributed by atoms with Crippen LogP contribution in [-0.4, -0.2) is 27.3 Å². The number of nitriles is 1. The molecule has 0 saturated carbocycles. The molecule has 0 saturated heterocycles. The van der Waals surface area contributed by atoms with E-state index in [9.17, 15) is 14.4 Å². The average Bonchev–Trinajstić information content (AvgIpc) is 3.36. The van der Waals surface area contributed by atoms with Gasteiger partial charge in [-0.15, -0.1) is 0 Å². The fraction of sp³-hybridized carbons (Fsp3) is 0.0526. The molecule has 0 bridgehead atoms. The first kappa shape index (κ1) is 16.5. The van der Waals surface area contributed by atoms with Crippen molar-refractivity contribution in [1.29, 1.82) is 5.26 Å². The van der Waals surface area contributed by atoms with E-state index in [1.54, 1.807) is 18.2 Å². The van der Waals surface area contributed by atoms with Crippen LogP contribution < -0.4 is 9.47 Å². The fourth-order valence-electron chi connectivity index (χ4n) is 2.64. The van der Waals surface area contributed by atoms with Gasteiger partial charge in [0.15, 0.2) is 11.5 Å². The molecule has 1 aliphatic rings. The van der Waals surface area contributed by atoms with Crippen LogP contribution in [0.2, 0.25) is 0 Å². The second-order valence-corrected chi connectivity index (χ2v) is 5.62. The van der Waals surface area contributed by atoms with Gasteiger partial charge in [-0.25, -0.2) is 14.1 Å². The molecule has 0 aliphatic carbocycles. The van der Waals surface area contributed by atoms with Crippen LogP contribution in [0, 0.1) is 17.1 Å². The van der Waals surface area contributed by atoms with E-state index in [-0.39, 0.29) is 23.6 Å². The topological polar surface area (TPSA) is 90.0 Å². The van der Waals surface area contributed by atoms with Crippen LogP contribution in [0.1, 0.15) is 15.9 Å². The Morgan fingerprint density at radius 2 is 2.07 bits per heavy atom. The molecule has 4 rings (SSSR count). The molecule has 27 heavy (non-hydrogen) atoms. The molecule has 3 aromatic rings. The van der Waals surface area contributed by atoms with E-state index in [4.69, 9.17) is 9.47 Å². The summed E-state index contributed by atoms with van der Waals surface area (Å²) in [5, 5.41) is 13.2. The highest BCUT2D eigenvalue weighted by molar-refractivity contribution is 6.14. The summed E-state index contributed by atoms with van der Waals surface area (Å²) >= 11 is 0. The Labute approximate surface area is 152 Å². The Hall–Kier alpha value is -3.99. The van der Waals surface area contributed by atoms with Gasteiger partial charge in [0.25, 0.3) is 0 Å². The summed E-state index contributed by atoms with van der Waals surface area (Å²) in [5.41, 5.74) is 0.751. The molecule has 0 fully saturated rings. The van der Waals surface area contributed by atoms with Crippen molar-refractivity contribution in [1.82, 2.24) is 14.8 Å². The maximum atomic E-state index is 14.3. The zero-order chi connectivity index (χ0) is 18.8. The summed E-state index contributed by atoms with van der Waals surface area (Å²) in [6, 6.07) is 10.9. The van der Waals surface area contributed by atoms with Gasteiger partial charge >= 0.3 is 0 Å². The predicted molar refractivity (Wildman–Crippen MR) is 91.8 cm³/mol. The lowest BCUT2D eigenvalue weighted by Gasteiger charge is -2.05. The number of benzene rings is 2. The van der Waals surface area contributed by atoms with Crippen molar-refractivity contribution in [3.63, 3.8) is 0 Å². The Bertz CT molecular complexity index is 1100. The number of ether oxygens (including phenoxy) is 2. The number of allylic oxidation sites excluding steroid dienone is 1. The van der Waals surface area contributed by atoms with Crippen LogP contribution in [0.5, 0.6) is 11.5 Å². The number of carbonyl (C=O) groups is 1. The number of nitrogens with zero attached hydrogens (tertiary/aromatic N) is 4. The number of rotatable bonds is 4. The smallest absolute Gasteiger partial charge is 0.231 e. The number of fused-ring (bicyclic) bond motifs is 1. The van der Waals surface area contributed by atoms with Crippen molar-refractivity contribution in [2.24, 2.45) is 0 Å². The van der Waals surface area contributed by atoms with Crippen LogP contribution in [0.3, 0.4) is 0 Å². The SMILES string of the molecule is N#CC(=Cc1ccc(-n2cncn2)c(F)c1)C(=O)c1ccc2c(c1)OCO2. The van der Waals surface area contributed by atoms with Gasteiger partial charge in [0.05, 0.1) is 0 Å². The first-order chi connectivity index (χ1) is 13.2. The minimum atomic E-state index is -0.554. The highest BCUT2D eigenvalue weighted by atomic mass is 19.1. The standard InChI is InChI=1S/C19H11FN4O3/c20-15-6-12(1-3-16(15)24-10-22-9-23-24)5-14(8-21)19(25)13-2-4-17-18(7-13)27-11-26-17/h1-7,9-10H,11H2. The number of aromatic nitrogens is 3. The van der Waals surface area contributed by atoms with Gasteiger partial charge < -0.3 is 9.47 Å². The van der Waals surface area contributed by atoms with E-state index in [0.29, 0.717) is 17.1 Å². The lowest BCUT2D eigenvalue weighted by Crippen LogP contribution is -2.02. The Morgan fingerprint density at radius 3 is 2.81 bits per heavy atom. The summed E-state index contributed by atoms with van der Waals surface area (Å²) in [7, 11) is 0. The third-order valence-electron chi connectivity index (χ3n) is 3.95. The number of halogens is 1. The molecule has 0 unspecified atom stereocenters. The average molecular weight is 362 g/mol. The summed E-state index contributed by atoms with van der Waals surface area (Å²) in [6.45, 7) is 0.0886. The summed E-state index contributed by atoms with van der Waals surface area (Å²) in [6.07, 6.45) is 4.00. The van der Waals surface area contributed by atoms with E-state index >= 15 is 0 Å². The molecule has 2 heterocycles. The number of carbonyl (C=O) groups excluding carboxylic acids is 1. The highest BCUT2D eigenvalue weighted by Gasteiger charge is 2.19. The second kappa shape index (κ2) is 6.72. The van der Waals surface area contributed by atoms with E-state index in [0.717, 1.165) is 0 Å². The molecule has 1 aromatic heterocycles. The molecular weight excluding hydrogens is 351 g/mol. The molecule has 7 nitrogen and oxygen atoms in total. The zero-order valence-electron chi connectivity index (χ0n) is 13.8. The van der Waals surface area contributed by atoms with Crippen LogP contribution in [0.15, 0.2) is 54.6 Å². The summed E-state index contributed by atoms with van der Waals surface area (Å²) in [4.78, 5) is 16.4. The van der Waals surface area contributed by atoms with Crippen molar-refractivity contribution in [3.05, 3.63) is 71.6 Å². The van der Waals surface area contributed by atoms with Crippen molar-refractivity contribution in [3.8, 4) is 23.3 Å². The van der Waals surface area contributed by atoms with Gasteiger partial charge in [0, 0.05) is 5.56 Å². The molecule has 0 radical (unpaired) electrons. The molecule has 132 valence electrons. The fourth-order valence-corrected chi connectivity index (χ4v) is 2.64. The van der Waals surface area contributed by atoms with E-state index in [1.165, 1.54) is 41.6 Å². The molecule has 2 aromatic carbocycles.